The molecule has 1 nitrogen and oxygen atoms in total. The molecule has 0 spiro atoms. The molecule has 0 aromatic heterocycles. The van der Waals surface area contributed by atoms with Crippen LogP contribution in [0.15, 0.2) is 17.0 Å². The van der Waals surface area contributed by atoms with Crippen LogP contribution in [0.4, 0.5) is 8.78 Å². The van der Waals surface area contributed by atoms with Crippen molar-refractivity contribution in [3.05, 3.63) is 29.3 Å². The van der Waals surface area contributed by atoms with Gasteiger partial charge in [0.1, 0.15) is 11.6 Å². The molecule has 0 amide bonds. The Hall–Kier alpha value is -0.610. The summed E-state index contributed by atoms with van der Waals surface area (Å²) < 4.78 is 27.3. The predicted molar refractivity (Wildman–Crippen MR) is 60.6 cm³/mol. The first-order valence-corrected chi connectivity index (χ1v) is 6.61. The van der Waals surface area contributed by atoms with Gasteiger partial charge in [0.25, 0.3) is 0 Å². The Bertz CT molecular complexity index is 418. The Morgan fingerprint density at radius 3 is 2.62 bits per heavy atom. The van der Waals surface area contributed by atoms with Crippen molar-refractivity contribution in [3.63, 3.8) is 0 Å². The fourth-order valence-corrected chi connectivity index (χ4v) is 3.30. The highest BCUT2D eigenvalue weighted by molar-refractivity contribution is 7.99. The maximum Gasteiger partial charge on any atom is 0.137 e. The van der Waals surface area contributed by atoms with Gasteiger partial charge in [0, 0.05) is 17.6 Å². The van der Waals surface area contributed by atoms with E-state index in [9.17, 15) is 8.78 Å². The molecule has 1 aromatic rings. The van der Waals surface area contributed by atoms with Crippen LogP contribution in [0.25, 0.3) is 0 Å². The van der Waals surface area contributed by atoms with Crippen molar-refractivity contribution in [1.82, 2.24) is 5.32 Å². The van der Waals surface area contributed by atoms with Gasteiger partial charge in [-0.15, -0.1) is 11.8 Å². The van der Waals surface area contributed by atoms with E-state index in [4.69, 9.17) is 0 Å². The van der Waals surface area contributed by atoms with E-state index >= 15 is 0 Å². The summed E-state index contributed by atoms with van der Waals surface area (Å²) in [6.07, 6.45) is 3.21. The second kappa shape index (κ2) is 4.00. The SMILES string of the molecule is Fc1ccc(F)c2c1SCCC2NC1CC1. The number of hydrogen-bond acceptors (Lipinski definition) is 2. The van der Waals surface area contributed by atoms with Gasteiger partial charge in [0.2, 0.25) is 0 Å². The summed E-state index contributed by atoms with van der Waals surface area (Å²) in [5, 5.41) is 3.40. The van der Waals surface area contributed by atoms with Crippen LogP contribution in [-0.4, -0.2) is 11.8 Å². The van der Waals surface area contributed by atoms with Crippen LogP contribution in [0.1, 0.15) is 30.9 Å². The summed E-state index contributed by atoms with van der Waals surface area (Å²) in [4.78, 5) is 0.504. The van der Waals surface area contributed by atoms with Gasteiger partial charge in [-0.1, -0.05) is 0 Å². The predicted octanol–water partition coefficient (Wildman–Crippen LogP) is 3.25. The van der Waals surface area contributed by atoms with Crippen LogP contribution in [0.3, 0.4) is 0 Å². The number of fused-ring (bicyclic) bond motifs is 1. The van der Waals surface area contributed by atoms with Gasteiger partial charge in [-0.2, -0.15) is 0 Å². The van der Waals surface area contributed by atoms with Gasteiger partial charge in [0.05, 0.1) is 4.90 Å². The number of benzene rings is 1. The number of halogens is 2. The molecule has 3 rings (SSSR count). The minimum Gasteiger partial charge on any atom is -0.307 e. The standard InChI is InChI=1S/C12H13F2NS/c13-8-3-4-9(14)12-11(8)10(5-6-16-12)15-7-1-2-7/h3-4,7,10,15H,1-2,5-6H2. The van der Waals surface area contributed by atoms with E-state index in [0.717, 1.165) is 25.0 Å². The number of nitrogens with one attached hydrogen (secondary N) is 1. The van der Waals surface area contributed by atoms with Gasteiger partial charge in [-0.25, -0.2) is 8.78 Å². The molecule has 2 aliphatic rings. The molecule has 1 aliphatic carbocycles. The Labute approximate surface area is 97.6 Å². The lowest BCUT2D eigenvalue weighted by molar-refractivity contribution is 0.462. The summed E-state index contributed by atoms with van der Waals surface area (Å²) >= 11 is 1.43. The van der Waals surface area contributed by atoms with Crippen molar-refractivity contribution in [2.24, 2.45) is 0 Å². The second-order valence-electron chi connectivity index (χ2n) is 4.40. The molecule has 86 valence electrons. The highest BCUT2D eigenvalue weighted by Crippen LogP contribution is 2.40. The lowest BCUT2D eigenvalue weighted by atomic mass is 10.0. The van der Waals surface area contributed by atoms with Crippen LogP contribution < -0.4 is 5.32 Å². The third-order valence-corrected chi connectivity index (χ3v) is 4.25. The average molecular weight is 241 g/mol. The largest absolute Gasteiger partial charge is 0.307 e. The molecule has 1 aliphatic heterocycles. The molecule has 0 radical (unpaired) electrons. The van der Waals surface area contributed by atoms with E-state index < -0.39 is 0 Å². The van der Waals surface area contributed by atoms with Gasteiger partial charge in [-0.05, 0) is 37.1 Å². The van der Waals surface area contributed by atoms with E-state index in [0.29, 0.717) is 16.5 Å². The maximum absolute atomic E-state index is 13.8. The quantitative estimate of drug-likeness (QED) is 0.853. The molecular weight excluding hydrogens is 228 g/mol. The zero-order chi connectivity index (χ0) is 11.1. The van der Waals surface area contributed by atoms with E-state index in [1.807, 2.05) is 0 Å². The van der Waals surface area contributed by atoms with Crippen molar-refractivity contribution in [3.8, 4) is 0 Å². The van der Waals surface area contributed by atoms with E-state index in [1.54, 1.807) is 0 Å². The smallest absolute Gasteiger partial charge is 0.137 e. The molecule has 1 N–H and O–H groups in total. The normalized spacial score (nSPS) is 24.2. The van der Waals surface area contributed by atoms with Gasteiger partial charge >= 0.3 is 0 Å². The lowest BCUT2D eigenvalue weighted by Crippen LogP contribution is -2.27. The molecule has 4 heteroatoms. The minimum absolute atomic E-state index is 0.000509. The van der Waals surface area contributed by atoms with Crippen molar-refractivity contribution < 1.29 is 8.78 Å². The third kappa shape index (κ3) is 1.84. The second-order valence-corrected chi connectivity index (χ2v) is 5.51. The van der Waals surface area contributed by atoms with Crippen molar-refractivity contribution in [2.45, 2.75) is 36.2 Å². The zero-order valence-electron chi connectivity index (χ0n) is 8.80. The van der Waals surface area contributed by atoms with Crippen LogP contribution in [-0.2, 0) is 0 Å². The molecule has 1 saturated carbocycles. The third-order valence-electron chi connectivity index (χ3n) is 3.11. The number of hydrogen-bond donors (Lipinski definition) is 1. The Morgan fingerprint density at radius 1 is 1.12 bits per heavy atom. The molecule has 0 saturated heterocycles. The van der Waals surface area contributed by atoms with Crippen molar-refractivity contribution in [2.75, 3.05) is 5.75 Å². The van der Waals surface area contributed by atoms with Crippen LogP contribution in [0, 0.1) is 11.6 Å². The summed E-state index contributed by atoms with van der Waals surface area (Å²) in [6.45, 7) is 0. The topological polar surface area (TPSA) is 12.0 Å². The Kier molecular flexibility index (Phi) is 2.64. The molecule has 1 aromatic carbocycles. The fraction of sp³-hybridized carbons (Fsp3) is 0.500. The summed E-state index contributed by atoms with van der Waals surface area (Å²) in [5.41, 5.74) is 0.545. The number of thioether (sulfide) groups is 1. The molecular formula is C12H13F2NS. The Morgan fingerprint density at radius 2 is 1.88 bits per heavy atom. The minimum atomic E-state index is -0.288. The average Bonchev–Trinajstić information content (AvgIpc) is 3.08. The van der Waals surface area contributed by atoms with Gasteiger partial charge in [-0.3, -0.25) is 0 Å². The highest BCUT2D eigenvalue weighted by atomic mass is 32.2. The monoisotopic (exact) mass is 241 g/mol. The summed E-state index contributed by atoms with van der Waals surface area (Å²) in [5.74, 6) is 0.294. The summed E-state index contributed by atoms with van der Waals surface area (Å²) in [6, 6.07) is 2.98. The first-order valence-electron chi connectivity index (χ1n) is 5.62. The van der Waals surface area contributed by atoms with E-state index in [2.05, 4.69) is 5.32 Å². The van der Waals surface area contributed by atoms with Crippen LogP contribution in [0.5, 0.6) is 0 Å². The first kappa shape index (κ1) is 10.5. The van der Waals surface area contributed by atoms with Crippen LogP contribution >= 0.6 is 11.8 Å². The van der Waals surface area contributed by atoms with Gasteiger partial charge < -0.3 is 5.32 Å². The van der Waals surface area contributed by atoms with E-state index in [-0.39, 0.29) is 17.7 Å². The molecule has 16 heavy (non-hydrogen) atoms. The molecule has 1 unspecified atom stereocenters. The van der Waals surface area contributed by atoms with Crippen molar-refractivity contribution >= 4 is 11.8 Å². The maximum atomic E-state index is 13.8. The van der Waals surface area contributed by atoms with Crippen molar-refractivity contribution in [1.29, 1.82) is 0 Å². The molecule has 1 fully saturated rings. The fourth-order valence-electron chi connectivity index (χ4n) is 2.14. The first-order chi connectivity index (χ1) is 7.75. The number of rotatable bonds is 2. The highest BCUT2D eigenvalue weighted by Gasteiger charge is 2.31. The molecule has 0 bridgehead atoms. The lowest BCUT2D eigenvalue weighted by Gasteiger charge is -2.26. The Balaban J connectivity index is 1.98. The summed E-state index contributed by atoms with van der Waals surface area (Å²) in [7, 11) is 0. The zero-order valence-corrected chi connectivity index (χ0v) is 9.62. The van der Waals surface area contributed by atoms with Crippen LogP contribution in [0.2, 0.25) is 0 Å². The van der Waals surface area contributed by atoms with E-state index in [1.165, 1.54) is 23.9 Å². The molecule has 1 atom stereocenters. The molecule has 1 heterocycles. The van der Waals surface area contributed by atoms with Gasteiger partial charge in [0.15, 0.2) is 0 Å².